The second kappa shape index (κ2) is 6.39. The van der Waals surface area contributed by atoms with E-state index in [1.165, 1.54) is 40.3 Å². The quantitative estimate of drug-likeness (QED) is 0.896. The zero-order chi connectivity index (χ0) is 16.5. The minimum Gasteiger partial charge on any atom is -0.350 e. The van der Waals surface area contributed by atoms with Gasteiger partial charge in [0.2, 0.25) is 15.9 Å². The zero-order valence-electron chi connectivity index (χ0n) is 12.7. The van der Waals surface area contributed by atoms with Gasteiger partial charge in [-0.2, -0.15) is 4.31 Å². The third kappa shape index (κ3) is 3.95. The van der Waals surface area contributed by atoms with Crippen LogP contribution in [0.5, 0.6) is 0 Å². The van der Waals surface area contributed by atoms with Gasteiger partial charge in [-0.3, -0.25) is 4.79 Å². The number of hydrogen-bond donors (Lipinski definition) is 1. The van der Waals surface area contributed by atoms with Crippen molar-refractivity contribution in [2.45, 2.75) is 37.2 Å². The Balaban J connectivity index is 2.26. The molecular weight excluding hydrogens is 344 g/mol. The molecule has 2 rings (SSSR count). The van der Waals surface area contributed by atoms with Crippen LogP contribution in [0.25, 0.3) is 0 Å². The highest BCUT2D eigenvalue weighted by molar-refractivity contribution is 8.00. The first kappa shape index (κ1) is 17.6. The summed E-state index contributed by atoms with van der Waals surface area (Å²) in [7, 11) is -3.71. The van der Waals surface area contributed by atoms with E-state index in [4.69, 9.17) is 11.6 Å². The first-order valence-electron chi connectivity index (χ1n) is 6.78. The third-order valence-electron chi connectivity index (χ3n) is 3.06. The average molecular weight is 363 g/mol. The number of sulfonamides is 1. The summed E-state index contributed by atoms with van der Waals surface area (Å²) in [6, 6.07) is 5.28. The number of amides is 1. The number of halogens is 1. The van der Waals surface area contributed by atoms with E-state index >= 15 is 0 Å². The Morgan fingerprint density at radius 1 is 1.32 bits per heavy atom. The summed E-state index contributed by atoms with van der Waals surface area (Å²) in [6.45, 7) is 5.60. The van der Waals surface area contributed by atoms with Gasteiger partial charge in [0.05, 0.1) is 10.8 Å². The molecule has 0 spiro atoms. The highest BCUT2D eigenvalue weighted by Crippen LogP contribution is 2.29. The molecule has 22 heavy (non-hydrogen) atoms. The second-order valence-electron chi connectivity index (χ2n) is 6.10. The van der Waals surface area contributed by atoms with Gasteiger partial charge in [0, 0.05) is 16.3 Å². The average Bonchev–Trinajstić information content (AvgIpc) is 2.87. The van der Waals surface area contributed by atoms with Crippen molar-refractivity contribution in [3.05, 3.63) is 29.3 Å². The molecule has 1 N–H and O–H groups in total. The maximum absolute atomic E-state index is 12.7. The third-order valence-corrected chi connectivity index (χ3v) is 6.36. The smallest absolute Gasteiger partial charge is 0.244 e. The number of thioether (sulfide) groups is 1. The largest absolute Gasteiger partial charge is 0.350 e. The lowest BCUT2D eigenvalue weighted by atomic mass is 10.1. The molecule has 1 atom stereocenters. The summed E-state index contributed by atoms with van der Waals surface area (Å²) < 4.78 is 26.7. The van der Waals surface area contributed by atoms with Gasteiger partial charge in [-0.05, 0) is 45.0 Å². The number of nitrogens with zero attached hydrogens (tertiary/aromatic N) is 1. The highest BCUT2D eigenvalue weighted by Gasteiger charge is 2.40. The Morgan fingerprint density at radius 3 is 2.45 bits per heavy atom. The van der Waals surface area contributed by atoms with Crippen molar-refractivity contribution >= 4 is 39.3 Å². The topological polar surface area (TPSA) is 66.5 Å². The van der Waals surface area contributed by atoms with Gasteiger partial charge >= 0.3 is 0 Å². The molecule has 1 aliphatic rings. The molecule has 0 saturated carbocycles. The summed E-state index contributed by atoms with van der Waals surface area (Å²) in [4.78, 5) is 12.5. The van der Waals surface area contributed by atoms with E-state index in [0.717, 1.165) is 0 Å². The van der Waals surface area contributed by atoms with Crippen LogP contribution in [0.3, 0.4) is 0 Å². The van der Waals surface area contributed by atoms with Crippen LogP contribution < -0.4 is 5.32 Å². The van der Waals surface area contributed by atoms with E-state index in [2.05, 4.69) is 5.32 Å². The van der Waals surface area contributed by atoms with Crippen molar-refractivity contribution in [2.24, 2.45) is 0 Å². The van der Waals surface area contributed by atoms with E-state index < -0.39 is 21.6 Å². The fourth-order valence-corrected chi connectivity index (χ4v) is 5.34. The Labute approximate surface area is 140 Å². The van der Waals surface area contributed by atoms with Crippen molar-refractivity contribution in [3.8, 4) is 0 Å². The van der Waals surface area contributed by atoms with Crippen molar-refractivity contribution in [1.82, 2.24) is 9.62 Å². The van der Waals surface area contributed by atoms with Crippen LogP contribution in [0.15, 0.2) is 29.2 Å². The molecule has 1 heterocycles. The molecule has 122 valence electrons. The maximum Gasteiger partial charge on any atom is 0.244 e. The molecule has 1 aliphatic heterocycles. The van der Waals surface area contributed by atoms with E-state index in [1.54, 1.807) is 0 Å². The normalized spacial score (nSPS) is 20.1. The van der Waals surface area contributed by atoms with Gasteiger partial charge in [0.15, 0.2) is 0 Å². The van der Waals surface area contributed by atoms with Crippen molar-refractivity contribution in [3.63, 3.8) is 0 Å². The van der Waals surface area contributed by atoms with Crippen LogP contribution >= 0.6 is 23.4 Å². The fourth-order valence-electron chi connectivity index (χ4n) is 2.07. The van der Waals surface area contributed by atoms with Crippen LogP contribution in [0.2, 0.25) is 5.02 Å². The molecule has 5 nitrogen and oxygen atoms in total. The molecule has 1 aromatic carbocycles. The summed E-state index contributed by atoms with van der Waals surface area (Å²) in [5.41, 5.74) is -0.403. The molecule has 1 fully saturated rings. The molecule has 0 radical (unpaired) electrons. The number of hydrogen-bond acceptors (Lipinski definition) is 4. The SMILES string of the molecule is CC(C)(C)NC(=O)C1CSCN1S(=O)(=O)c1ccc(Cl)cc1. The van der Waals surface area contributed by atoms with Gasteiger partial charge in [-0.1, -0.05) is 11.6 Å². The minimum atomic E-state index is -3.71. The summed E-state index contributed by atoms with van der Waals surface area (Å²) >= 11 is 7.23. The number of benzene rings is 1. The second-order valence-corrected chi connectivity index (χ2v) is 9.43. The van der Waals surface area contributed by atoms with Gasteiger partial charge in [-0.15, -0.1) is 11.8 Å². The van der Waals surface area contributed by atoms with Gasteiger partial charge in [0.1, 0.15) is 6.04 Å². The van der Waals surface area contributed by atoms with E-state index in [1.807, 2.05) is 20.8 Å². The van der Waals surface area contributed by atoms with E-state index in [0.29, 0.717) is 10.8 Å². The lowest BCUT2D eigenvalue weighted by molar-refractivity contribution is -0.125. The summed E-state index contributed by atoms with van der Waals surface area (Å²) in [5.74, 6) is 0.456. The Kier molecular flexibility index (Phi) is 5.11. The van der Waals surface area contributed by atoms with Crippen molar-refractivity contribution in [2.75, 3.05) is 11.6 Å². The van der Waals surface area contributed by atoms with Crippen LogP contribution in [0, 0.1) is 0 Å². The number of carbonyl (C=O) groups is 1. The summed E-state index contributed by atoms with van der Waals surface area (Å²) in [6.07, 6.45) is 0. The minimum absolute atomic E-state index is 0.146. The molecule has 0 bridgehead atoms. The standard InChI is InChI=1S/C14H19ClN2O3S2/c1-14(2,3)16-13(18)12-8-21-9-17(12)22(19,20)11-6-4-10(15)5-7-11/h4-7,12H,8-9H2,1-3H3,(H,16,18). The molecule has 1 aromatic rings. The fraction of sp³-hybridized carbons (Fsp3) is 0.500. The molecular formula is C14H19ClN2O3S2. The lowest BCUT2D eigenvalue weighted by Gasteiger charge is -2.27. The molecule has 0 aliphatic carbocycles. The Bertz CT molecular complexity index is 654. The number of carbonyl (C=O) groups excluding carboxylic acids is 1. The maximum atomic E-state index is 12.7. The van der Waals surface area contributed by atoms with Gasteiger partial charge in [-0.25, -0.2) is 8.42 Å². The zero-order valence-corrected chi connectivity index (χ0v) is 15.1. The number of nitrogens with one attached hydrogen (secondary N) is 1. The predicted molar refractivity (Wildman–Crippen MR) is 89.5 cm³/mol. The van der Waals surface area contributed by atoms with Crippen LogP contribution in [-0.4, -0.2) is 41.8 Å². The van der Waals surface area contributed by atoms with Gasteiger partial charge < -0.3 is 5.32 Å². The molecule has 0 aromatic heterocycles. The predicted octanol–water partition coefficient (Wildman–Crippen LogP) is 2.32. The molecule has 8 heteroatoms. The monoisotopic (exact) mass is 362 g/mol. The Hall–Kier alpha value is -0.760. The highest BCUT2D eigenvalue weighted by atomic mass is 35.5. The van der Waals surface area contributed by atoms with Crippen LogP contribution in [-0.2, 0) is 14.8 Å². The van der Waals surface area contributed by atoms with Crippen molar-refractivity contribution in [1.29, 1.82) is 0 Å². The number of rotatable bonds is 3. The molecule has 1 saturated heterocycles. The van der Waals surface area contributed by atoms with Crippen molar-refractivity contribution < 1.29 is 13.2 Å². The van der Waals surface area contributed by atoms with E-state index in [-0.39, 0.29) is 16.7 Å². The molecule has 1 amide bonds. The summed E-state index contributed by atoms with van der Waals surface area (Å²) in [5, 5.41) is 3.31. The Morgan fingerprint density at radius 2 is 1.91 bits per heavy atom. The van der Waals surface area contributed by atoms with E-state index in [9.17, 15) is 13.2 Å². The van der Waals surface area contributed by atoms with Gasteiger partial charge in [0.25, 0.3) is 0 Å². The lowest BCUT2D eigenvalue weighted by Crippen LogP contribution is -2.52. The first-order valence-corrected chi connectivity index (χ1v) is 9.76. The van der Waals surface area contributed by atoms with Crippen LogP contribution in [0.4, 0.5) is 0 Å². The molecule has 1 unspecified atom stereocenters. The van der Waals surface area contributed by atoms with Crippen LogP contribution in [0.1, 0.15) is 20.8 Å². The first-order chi connectivity index (χ1) is 10.1.